The van der Waals surface area contributed by atoms with Crippen molar-refractivity contribution in [2.45, 2.75) is 92.5 Å². The molecule has 29 heavy (non-hydrogen) atoms. The van der Waals surface area contributed by atoms with Gasteiger partial charge in [-0.25, -0.2) is 0 Å². The molecule has 2 atom stereocenters. The van der Waals surface area contributed by atoms with Crippen LogP contribution in [0, 0.1) is 11.3 Å². The van der Waals surface area contributed by atoms with Crippen molar-refractivity contribution in [3.05, 3.63) is 48.0 Å². The fourth-order valence-electron chi connectivity index (χ4n) is 3.26. The van der Waals surface area contributed by atoms with E-state index in [0.29, 0.717) is 11.3 Å². The average molecular weight is 399 g/mol. The van der Waals surface area contributed by atoms with Crippen LogP contribution in [0.5, 0.6) is 0 Å². The molecule has 2 rings (SSSR count). The van der Waals surface area contributed by atoms with Gasteiger partial charge in [0.05, 0.1) is 12.2 Å². The molecular formula is C27H42O2. The van der Waals surface area contributed by atoms with Gasteiger partial charge >= 0.3 is 0 Å². The molecular weight excluding hydrogens is 356 g/mol. The minimum atomic E-state index is -0.325. The lowest BCUT2D eigenvalue weighted by molar-refractivity contribution is -0.207. The smallest absolute Gasteiger partial charge is 0.184 e. The molecule has 0 aliphatic heterocycles. The fraction of sp³-hybridized carbons (Fsp3) is 0.630. The fourth-order valence-corrected chi connectivity index (χ4v) is 3.26. The van der Waals surface area contributed by atoms with Crippen LogP contribution in [0.1, 0.15) is 92.4 Å². The van der Waals surface area contributed by atoms with Crippen molar-refractivity contribution in [2.75, 3.05) is 6.61 Å². The second-order valence-electron chi connectivity index (χ2n) is 9.99. The molecule has 0 saturated heterocycles. The van der Waals surface area contributed by atoms with Crippen molar-refractivity contribution in [2.24, 2.45) is 11.3 Å². The van der Waals surface area contributed by atoms with Crippen LogP contribution in [0.2, 0.25) is 0 Å². The van der Waals surface area contributed by atoms with Gasteiger partial charge in [0, 0.05) is 5.56 Å². The second kappa shape index (κ2) is 10.6. The van der Waals surface area contributed by atoms with Crippen LogP contribution < -0.4 is 0 Å². The van der Waals surface area contributed by atoms with E-state index < -0.39 is 0 Å². The van der Waals surface area contributed by atoms with E-state index >= 15 is 0 Å². The predicted molar refractivity (Wildman–Crippen MR) is 125 cm³/mol. The van der Waals surface area contributed by atoms with E-state index in [1.165, 1.54) is 30.0 Å². The summed E-state index contributed by atoms with van der Waals surface area (Å²) in [6, 6.07) is 15.0. The molecule has 0 saturated carbocycles. The lowest BCUT2D eigenvalue weighted by Gasteiger charge is -2.31. The van der Waals surface area contributed by atoms with Gasteiger partial charge in [0.15, 0.2) is 6.29 Å². The van der Waals surface area contributed by atoms with Gasteiger partial charge in [0.25, 0.3) is 0 Å². The van der Waals surface area contributed by atoms with E-state index in [-0.39, 0.29) is 11.9 Å². The maximum Gasteiger partial charge on any atom is 0.184 e. The summed E-state index contributed by atoms with van der Waals surface area (Å²) in [5.74, 6) is 0.664. The highest BCUT2D eigenvalue weighted by atomic mass is 16.7. The second-order valence-corrected chi connectivity index (χ2v) is 9.99. The van der Waals surface area contributed by atoms with Gasteiger partial charge in [-0.15, -0.1) is 0 Å². The third kappa shape index (κ3) is 7.75. The lowest BCUT2D eigenvalue weighted by Crippen LogP contribution is -2.27. The standard InChI is InChI=1S/C27H42O2/c1-8-26(4,5)18-16-21(3)17-19-28-25(29-27(6,7)9-2)24-15-14-22-12-10-11-13-23(22)20-24/h10-15,20-21,25H,8-9,16-19H2,1-7H3. The van der Waals surface area contributed by atoms with Gasteiger partial charge in [-0.1, -0.05) is 83.9 Å². The van der Waals surface area contributed by atoms with Crippen LogP contribution in [0.25, 0.3) is 10.8 Å². The Morgan fingerprint density at radius 1 is 0.862 bits per heavy atom. The monoisotopic (exact) mass is 398 g/mol. The van der Waals surface area contributed by atoms with Crippen molar-refractivity contribution in [3.63, 3.8) is 0 Å². The first kappa shape index (κ1) is 23.9. The van der Waals surface area contributed by atoms with Crippen molar-refractivity contribution >= 4 is 10.8 Å². The number of hydrogen-bond acceptors (Lipinski definition) is 2. The Bertz CT molecular complexity index is 747. The minimum Gasteiger partial charge on any atom is -0.348 e. The van der Waals surface area contributed by atoms with E-state index in [9.17, 15) is 0 Å². The van der Waals surface area contributed by atoms with Gasteiger partial charge in [0.2, 0.25) is 0 Å². The minimum absolute atomic E-state index is 0.215. The SMILES string of the molecule is CCC(C)(C)CCC(C)CCOC(OC(C)(C)CC)c1ccc2ccccc2c1. The Labute approximate surface area is 179 Å². The maximum absolute atomic E-state index is 6.41. The van der Waals surface area contributed by atoms with Crippen molar-refractivity contribution in [3.8, 4) is 0 Å². The number of benzene rings is 2. The van der Waals surface area contributed by atoms with E-state index in [2.05, 4.69) is 90.9 Å². The Hall–Kier alpha value is -1.38. The Morgan fingerprint density at radius 3 is 2.21 bits per heavy atom. The highest BCUT2D eigenvalue weighted by molar-refractivity contribution is 5.83. The normalized spacial score (nSPS) is 14.9. The molecule has 0 bridgehead atoms. The third-order valence-corrected chi connectivity index (χ3v) is 6.47. The van der Waals surface area contributed by atoms with E-state index in [1.54, 1.807) is 0 Å². The molecule has 0 spiro atoms. The first-order valence-corrected chi connectivity index (χ1v) is 11.4. The summed E-state index contributed by atoms with van der Waals surface area (Å²) < 4.78 is 12.7. The van der Waals surface area contributed by atoms with Gasteiger partial charge in [0.1, 0.15) is 0 Å². The summed E-state index contributed by atoms with van der Waals surface area (Å²) >= 11 is 0. The highest BCUT2D eigenvalue weighted by Gasteiger charge is 2.24. The van der Waals surface area contributed by atoms with Gasteiger partial charge in [-0.2, -0.15) is 0 Å². The highest BCUT2D eigenvalue weighted by Crippen LogP contribution is 2.31. The molecule has 0 aliphatic carbocycles. The molecule has 162 valence electrons. The predicted octanol–water partition coefficient (Wildman–Crippen LogP) is 8.30. The lowest BCUT2D eigenvalue weighted by atomic mass is 9.82. The van der Waals surface area contributed by atoms with Crippen molar-refractivity contribution in [1.82, 2.24) is 0 Å². The zero-order chi connectivity index (χ0) is 21.5. The first-order chi connectivity index (χ1) is 13.7. The quantitative estimate of drug-likeness (QED) is 0.335. The first-order valence-electron chi connectivity index (χ1n) is 11.4. The van der Waals surface area contributed by atoms with E-state index in [1.807, 2.05) is 0 Å². The summed E-state index contributed by atoms with van der Waals surface area (Å²) in [5, 5.41) is 2.48. The molecule has 0 fully saturated rings. The molecule has 0 amide bonds. The molecule has 0 aliphatic rings. The third-order valence-electron chi connectivity index (χ3n) is 6.47. The van der Waals surface area contributed by atoms with Gasteiger partial charge in [-0.3, -0.25) is 0 Å². The average Bonchev–Trinajstić information content (AvgIpc) is 2.71. The molecule has 0 N–H and O–H groups in total. The molecule has 2 unspecified atom stereocenters. The number of hydrogen-bond donors (Lipinski definition) is 0. The van der Waals surface area contributed by atoms with Gasteiger partial charge < -0.3 is 9.47 Å². The number of ether oxygens (including phenoxy) is 2. The zero-order valence-corrected chi connectivity index (χ0v) is 19.8. The molecule has 0 radical (unpaired) electrons. The van der Waals surface area contributed by atoms with Crippen molar-refractivity contribution in [1.29, 1.82) is 0 Å². The molecule has 2 aromatic carbocycles. The molecule has 2 heteroatoms. The van der Waals surface area contributed by atoms with Crippen LogP contribution in [0.15, 0.2) is 42.5 Å². The van der Waals surface area contributed by atoms with Crippen LogP contribution in [0.3, 0.4) is 0 Å². The Balaban J connectivity index is 2.02. The van der Waals surface area contributed by atoms with Gasteiger partial charge in [-0.05, 0) is 61.3 Å². The Morgan fingerprint density at radius 2 is 1.55 bits per heavy atom. The van der Waals surface area contributed by atoms with E-state index in [0.717, 1.165) is 25.0 Å². The number of rotatable bonds is 12. The maximum atomic E-state index is 6.41. The molecule has 0 heterocycles. The largest absolute Gasteiger partial charge is 0.348 e. The summed E-state index contributed by atoms with van der Waals surface area (Å²) in [6.45, 7) is 16.5. The van der Waals surface area contributed by atoms with Crippen LogP contribution >= 0.6 is 0 Å². The summed E-state index contributed by atoms with van der Waals surface area (Å²) in [4.78, 5) is 0. The van der Waals surface area contributed by atoms with Crippen LogP contribution in [0.4, 0.5) is 0 Å². The van der Waals surface area contributed by atoms with Crippen molar-refractivity contribution < 1.29 is 9.47 Å². The van der Waals surface area contributed by atoms with E-state index in [4.69, 9.17) is 9.47 Å². The van der Waals surface area contributed by atoms with Crippen LogP contribution in [-0.4, -0.2) is 12.2 Å². The molecule has 0 aromatic heterocycles. The van der Waals surface area contributed by atoms with Crippen LogP contribution in [-0.2, 0) is 9.47 Å². The topological polar surface area (TPSA) is 18.5 Å². The molecule has 2 aromatic rings. The zero-order valence-electron chi connectivity index (χ0n) is 19.8. The number of fused-ring (bicyclic) bond motifs is 1. The molecule has 2 nitrogen and oxygen atoms in total. The summed E-state index contributed by atoms with van der Waals surface area (Å²) in [5.41, 5.74) is 1.33. The summed E-state index contributed by atoms with van der Waals surface area (Å²) in [6.07, 6.45) is 5.46. The Kier molecular flexibility index (Phi) is 8.73. The summed E-state index contributed by atoms with van der Waals surface area (Å²) in [7, 11) is 0.